The zero-order chi connectivity index (χ0) is 13.8. The highest BCUT2D eigenvalue weighted by molar-refractivity contribution is 4.68. The van der Waals surface area contributed by atoms with Gasteiger partial charge in [-0.15, -0.1) is 0 Å². The molecule has 1 rings (SSSR count). The van der Waals surface area contributed by atoms with Gasteiger partial charge in [0.1, 0.15) is 18.9 Å². The van der Waals surface area contributed by atoms with Crippen molar-refractivity contribution in [2.24, 2.45) is 0 Å². The van der Waals surface area contributed by atoms with E-state index in [1.807, 2.05) is 0 Å². The molecule has 0 saturated heterocycles. The average molecular weight is 262 g/mol. The van der Waals surface area contributed by atoms with Crippen LogP contribution in [-0.2, 0) is 13.1 Å². The van der Waals surface area contributed by atoms with Gasteiger partial charge in [-0.1, -0.05) is 45.4 Å². The third-order valence-corrected chi connectivity index (χ3v) is 3.50. The minimum Gasteiger partial charge on any atom is -0.237 e. The second-order valence-corrected chi connectivity index (χ2v) is 5.27. The third-order valence-electron chi connectivity index (χ3n) is 3.50. The number of nitriles is 1. The second kappa shape index (κ2) is 10.6. The fourth-order valence-electron chi connectivity index (χ4n) is 2.31. The molecule has 0 aliphatic heterocycles. The van der Waals surface area contributed by atoms with E-state index in [9.17, 15) is 0 Å². The van der Waals surface area contributed by atoms with E-state index in [1.54, 1.807) is 0 Å². The van der Waals surface area contributed by atoms with Crippen LogP contribution in [0.2, 0.25) is 0 Å². The van der Waals surface area contributed by atoms with E-state index in [0.29, 0.717) is 6.42 Å². The van der Waals surface area contributed by atoms with E-state index in [0.717, 1.165) is 13.1 Å². The van der Waals surface area contributed by atoms with Crippen molar-refractivity contribution in [1.82, 2.24) is 4.57 Å². The zero-order valence-electron chi connectivity index (χ0n) is 12.4. The Morgan fingerprint density at radius 1 is 1.05 bits per heavy atom. The van der Waals surface area contributed by atoms with E-state index in [1.165, 1.54) is 51.4 Å². The monoisotopic (exact) mass is 262 g/mol. The molecule has 0 amide bonds. The first-order valence-corrected chi connectivity index (χ1v) is 7.78. The Bertz CT molecular complexity index is 362. The molecule has 1 heterocycles. The van der Waals surface area contributed by atoms with Crippen LogP contribution in [0, 0.1) is 11.3 Å². The first kappa shape index (κ1) is 15.8. The molecule has 0 fully saturated rings. The standard InChI is InChI=1S/C16H28N3/c1-2-3-4-5-6-7-8-9-12-18-14-15-19(16-18)13-10-11-17/h14-16H,2-10,12-13H2,1H3/q+1. The quantitative estimate of drug-likeness (QED) is 0.440. The molecule has 0 bridgehead atoms. The Balaban J connectivity index is 2.00. The number of aromatic nitrogens is 2. The minimum absolute atomic E-state index is 0.590. The van der Waals surface area contributed by atoms with Crippen LogP contribution in [0.3, 0.4) is 0 Å². The SMILES string of the molecule is CCCCCCCCCCn1cc[n+](CCC#N)c1. The molecule has 0 unspecified atom stereocenters. The molecule has 0 N–H and O–H groups in total. The third kappa shape index (κ3) is 7.66. The summed E-state index contributed by atoms with van der Waals surface area (Å²) in [7, 11) is 0. The molecule has 3 heteroatoms. The highest BCUT2D eigenvalue weighted by Gasteiger charge is 2.02. The molecule has 0 aliphatic rings. The van der Waals surface area contributed by atoms with E-state index in [2.05, 4.69) is 40.8 Å². The van der Waals surface area contributed by atoms with Crippen molar-refractivity contribution >= 4 is 0 Å². The van der Waals surface area contributed by atoms with Crippen LogP contribution < -0.4 is 4.57 Å². The second-order valence-electron chi connectivity index (χ2n) is 5.27. The van der Waals surface area contributed by atoms with Crippen LogP contribution in [0.4, 0.5) is 0 Å². The lowest BCUT2D eigenvalue weighted by Gasteiger charge is -2.00. The summed E-state index contributed by atoms with van der Waals surface area (Å²) in [6, 6.07) is 2.18. The number of hydrogen-bond acceptors (Lipinski definition) is 1. The molecule has 0 aliphatic carbocycles. The van der Waals surface area contributed by atoms with Gasteiger partial charge < -0.3 is 0 Å². The number of imidazole rings is 1. The molecule has 1 aromatic rings. The molecule has 0 radical (unpaired) electrons. The fraction of sp³-hybridized carbons (Fsp3) is 0.750. The highest BCUT2D eigenvalue weighted by atomic mass is 15.1. The maximum atomic E-state index is 8.54. The lowest BCUT2D eigenvalue weighted by atomic mass is 10.1. The van der Waals surface area contributed by atoms with Crippen molar-refractivity contribution in [2.75, 3.05) is 0 Å². The van der Waals surface area contributed by atoms with Crippen LogP contribution in [0.25, 0.3) is 0 Å². The molecular weight excluding hydrogens is 234 g/mol. The van der Waals surface area contributed by atoms with Crippen LogP contribution in [-0.4, -0.2) is 4.57 Å². The van der Waals surface area contributed by atoms with Crippen LogP contribution in [0.1, 0.15) is 64.7 Å². The van der Waals surface area contributed by atoms with Gasteiger partial charge in [-0.05, 0) is 12.8 Å². The van der Waals surface area contributed by atoms with Crippen molar-refractivity contribution in [3.8, 4) is 6.07 Å². The van der Waals surface area contributed by atoms with Crippen molar-refractivity contribution < 1.29 is 4.57 Å². The van der Waals surface area contributed by atoms with Gasteiger partial charge in [0.15, 0.2) is 0 Å². The first-order valence-electron chi connectivity index (χ1n) is 7.78. The fourth-order valence-corrected chi connectivity index (χ4v) is 2.31. The van der Waals surface area contributed by atoms with Gasteiger partial charge in [0, 0.05) is 0 Å². The van der Waals surface area contributed by atoms with Crippen molar-refractivity contribution in [3.05, 3.63) is 18.7 Å². The van der Waals surface area contributed by atoms with Gasteiger partial charge in [-0.3, -0.25) is 0 Å². The molecule has 0 spiro atoms. The Labute approximate surface area is 117 Å². The number of nitrogens with zero attached hydrogens (tertiary/aromatic N) is 3. The summed E-state index contributed by atoms with van der Waals surface area (Å²) in [5.74, 6) is 0. The highest BCUT2D eigenvalue weighted by Crippen LogP contribution is 2.08. The summed E-state index contributed by atoms with van der Waals surface area (Å²) in [5.41, 5.74) is 0. The van der Waals surface area contributed by atoms with E-state index < -0.39 is 0 Å². The van der Waals surface area contributed by atoms with Gasteiger partial charge in [-0.25, -0.2) is 9.13 Å². The number of hydrogen-bond donors (Lipinski definition) is 0. The molecular formula is C16H28N3+. The van der Waals surface area contributed by atoms with Gasteiger partial charge in [-0.2, -0.15) is 5.26 Å². The van der Waals surface area contributed by atoms with Crippen LogP contribution in [0.5, 0.6) is 0 Å². The molecule has 3 nitrogen and oxygen atoms in total. The van der Waals surface area contributed by atoms with Gasteiger partial charge in [0.05, 0.1) is 19.0 Å². The molecule has 0 atom stereocenters. The van der Waals surface area contributed by atoms with Crippen LogP contribution in [0.15, 0.2) is 18.7 Å². The predicted molar refractivity (Wildman–Crippen MR) is 77.5 cm³/mol. The largest absolute Gasteiger partial charge is 0.243 e. The van der Waals surface area contributed by atoms with Crippen molar-refractivity contribution in [2.45, 2.75) is 77.8 Å². The molecule has 19 heavy (non-hydrogen) atoms. The maximum absolute atomic E-state index is 8.54. The van der Waals surface area contributed by atoms with Crippen molar-refractivity contribution in [1.29, 1.82) is 5.26 Å². The molecule has 0 saturated carbocycles. The maximum Gasteiger partial charge on any atom is 0.243 e. The summed E-state index contributed by atoms with van der Waals surface area (Å²) in [4.78, 5) is 0. The Morgan fingerprint density at radius 2 is 1.74 bits per heavy atom. The smallest absolute Gasteiger partial charge is 0.237 e. The number of rotatable bonds is 11. The Hall–Kier alpha value is -1.30. The topological polar surface area (TPSA) is 32.6 Å². The van der Waals surface area contributed by atoms with Gasteiger partial charge in [0.2, 0.25) is 6.33 Å². The average Bonchev–Trinajstić information content (AvgIpc) is 2.87. The van der Waals surface area contributed by atoms with Crippen molar-refractivity contribution in [3.63, 3.8) is 0 Å². The normalized spacial score (nSPS) is 10.5. The van der Waals surface area contributed by atoms with Crippen LogP contribution >= 0.6 is 0 Å². The zero-order valence-corrected chi connectivity index (χ0v) is 12.4. The minimum atomic E-state index is 0.590. The lowest BCUT2D eigenvalue weighted by molar-refractivity contribution is -0.695. The molecule has 1 aromatic heterocycles. The number of unbranched alkanes of at least 4 members (excludes halogenated alkanes) is 7. The molecule has 106 valence electrons. The van der Waals surface area contributed by atoms with E-state index >= 15 is 0 Å². The number of aryl methyl sites for hydroxylation is 2. The Morgan fingerprint density at radius 3 is 2.42 bits per heavy atom. The van der Waals surface area contributed by atoms with E-state index in [4.69, 9.17) is 5.26 Å². The summed E-state index contributed by atoms with van der Waals surface area (Å²) < 4.78 is 4.32. The van der Waals surface area contributed by atoms with E-state index in [-0.39, 0.29) is 0 Å². The summed E-state index contributed by atoms with van der Waals surface area (Å²) in [6.45, 7) is 4.18. The lowest BCUT2D eigenvalue weighted by Crippen LogP contribution is -2.30. The molecule has 0 aromatic carbocycles. The van der Waals surface area contributed by atoms with Gasteiger partial charge in [0.25, 0.3) is 0 Å². The summed E-state index contributed by atoms with van der Waals surface area (Å²) in [6.07, 6.45) is 17.8. The summed E-state index contributed by atoms with van der Waals surface area (Å²) >= 11 is 0. The summed E-state index contributed by atoms with van der Waals surface area (Å²) in [5, 5.41) is 8.54. The van der Waals surface area contributed by atoms with Gasteiger partial charge >= 0.3 is 0 Å². The Kier molecular flexibility index (Phi) is 8.80. The first-order chi connectivity index (χ1) is 9.36. The predicted octanol–water partition coefficient (Wildman–Crippen LogP) is 3.83.